The van der Waals surface area contributed by atoms with Crippen LogP contribution in [0, 0.1) is 5.92 Å². The molecular formula is C13H14BrNO2. The molecule has 1 aliphatic rings. The Bertz CT molecular complexity index is 441. The zero-order valence-corrected chi connectivity index (χ0v) is 11.2. The number of carbonyl (C=O) groups is 2. The highest BCUT2D eigenvalue weighted by Crippen LogP contribution is 2.17. The van der Waals surface area contributed by atoms with E-state index in [1.54, 1.807) is 17.0 Å². The van der Waals surface area contributed by atoms with Gasteiger partial charge in [0.2, 0.25) is 5.91 Å². The van der Waals surface area contributed by atoms with E-state index in [9.17, 15) is 9.59 Å². The molecule has 0 spiro atoms. The maximum Gasteiger partial charge on any atom is 0.223 e. The van der Waals surface area contributed by atoms with Crippen LogP contribution in [0.15, 0.2) is 28.7 Å². The Kier molecular flexibility index (Phi) is 3.62. The highest BCUT2D eigenvalue weighted by Gasteiger charge is 2.27. The number of rotatable bonds is 3. The maximum atomic E-state index is 12.0. The first-order valence-electron chi connectivity index (χ1n) is 5.63. The number of likely N-dealkylation sites (tertiary alicyclic amines) is 1. The van der Waals surface area contributed by atoms with Crippen LogP contribution in [-0.2, 0) is 4.79 Å². The van der Waals surface area contributed by atoms with Gasteiger partial charge in [0, 0.05) is 23.0 Å². The third kappa shape index (κ3) is 2.94. The third-order valence-electron chi connectivity index (χ3n) is 2.91. The number of benzene rings is 1. The van der Waals surface area contributed by atoms with Gasteiger partial charge < -0.3 is 4.90 Å². The minimum atomic E-state index is -0.0000463. The van der Waals surface area contributed by atoms with Crippen molar-refractivity contribution in [2.75, 3.05) is 13.1 Å². The van der Waals surface area contributed by atoms with Gasteiger partial charge in [0.05, 0.1) is 6.54 Å². The van der Waals surface area contributed by atoms with Crippen molar-refractivity contribution in [1.29, 1.82) is 0 Å². The van der Waals surface area contributed by atoms with Gasteiger partial charge in [0.15, 0.2) is 5.78 Å². The van der Waals surface area contributed by atoms with Crippen LogP contribution in [0.3, 0.4) is 0 Å². The lowest BCUT2D eigenvalue weighted by atomic mass is 10.1. The summed E-state index contributed by atoms with van der Waals surface area (Å²) in [6.45, 7) is 2.92. The van der Waals surface area contributed by atoms with Gasteiger partial charge in [-0.2, -0.15) is 0 Å². The van der Waals surface area contributed by atoms with Gasteiger partial charge in [-0.15, -0.1) is 0 Å². The minimum absolute atomic E-state index is 0.0000463. The Morgan fingerprint density at radius 2 is 2.06 bits per heavy atom. The van der Waals surface area contributed by atoms with Gasteiger partial charge in [-0.25, -0.2) is 0 Å². The molecule has 1 saturated heterocycles. The van der Waals surface area contributed by atoms with Crippen LogP contribution in [0.5, 0.6) is 0 Å². The van der Waals surface area contributed by atoms with E-state index in [0.717, 1.165) is 4.47 Å². The molecule has 1 heterocycles. The summed E-state index contributed by atoms with van der Waals surface area (Å²) in [5, 5.41) is 0. The molecule has 1 fully saturated rings. The molecule has 0 N–H and O–H groups in total. The van der Waals surface area contributed by atoms with Crippen molar-refractivity contribution in [3.63, 3.8) is 0 Å². The van der Waals surface area contributed by atoms with Gasteiger partial charge >= 0.3 is 0 Å². The first-order chi connectivity index (χ1) is 8.06. The lowest BCUT2D eigenvalue weighted by Crippen LogP contribution is -2.31. The van der Waals surface area contributed by atoms with Crippen LogP contribution >= 0.6 is 15.9 Å². The average Bonchev–Trinajstić information content (AvgIpc) is 2.58. The van der Waals surface area contributed by atoms with E-state index >= 15 is 0 Å². The molecule has 3 nitrogen and oxygen atoms in total. The van der Waals surface area contributed by atoms with Crippen LogP contribution in [0.4, 0.5) is 0 Å². The fourth-order valence-corrected chi connectivity index (χ4v) is 2.29. The fraction of sp³-hybridized carbons (Fsp3) is 0.385. The number of halogens is 1. The van der Waals surface area contributed by atoms with Crippen LogP contribution < -0.4 is 0 Å². The minimum Gasteiger partial charge on any atom is -0.335 e. The number of carbonyl (C=O) groups excluding carboxylic acids is 2. The molecule has 0 bridgehead atoms. The summed E-state index contributed by atoms with van der Waals surface area (Å²) >= 11 is 3.32. The SMILES string of the molecule is CC1CC(=O)N(CC(=O)c2ccc(Br)cc2)C1. The van der Waals surface area contributed by atoms with Crippen molar-refractivity contribution >= 4 is 27.6 Å². The summed E-state index contributed by atoms with van der Waals surface area (Å²) in [4.78, 5) is 25.2. The van der Waals surface area contributed by atoms with Crippen LogP contribution in [-0.4, -0.2) is 29.7 Å². The molecule has 1 aromatic rings. The molecule has 0 aromatic heterocycles. The molecule has 4 heteroatoms. The van der Waals surface area contributed by atoms with Crippen LogP contribution in [0.1, 0.15) is 23.7 Å². The van der Waals surface area contributed by atoms with Gasteiger partial charge in [-0.3, -0.25) is 9.59 Å². The van der Waals surface area contributed by atoms with E-state index in [0.29, 0.717) is 24.4 Å². The molecular weight excluding hydrogens is 282 g/mol. The number of ketones is 1. The zero-order chi connectivity index (χ0) is 12.4. The number of amides is 1. The van der Waals surface area contributed by atoms with Gasteiger partial charge in [0.1, 0.15) is 0 Å². The first kappa shape index (κ1) is 12.3. The second kappa shape index (κ2) is 5.00. The summed E-state index contributed by atoms with van der Waals surface area (Å²) in [5.41, 5.74) is 0.653. The summed E-state index contributed by atoms with van der Waals surface area (Å²) in [6.07, 6.45) is 0.563. The first-order valence-corrected chi connectivity index (χ1v) is 6.42. The van der Waals surface area contributed by atoms with E-state index in [4.69, 9.17) is 0 Å². The van der Waals surface area contributed by atoms with E-state index < -0.39 is 0 Å². The van der Waals surface area contributed by atoms with Crippen molar-refractivity contribution in [3.05, 3.63) is 34.3 Å². The number of hydrogen-bond acceptors (Lipinski definition) is 2. The van der Waals surface area contributed by atoms with Crippen molar-refractivity contribution < 1.29 is 9.59 Å². The van der Waals surface area contributed by atoms with E-state index in [1.807, 2.05) is 19.1 Å². The normalized spacial score (nSPS) is 19.8. The molecule has 0 radical (unpaired) electrons. The molecule has 1 amide bonds. The second-order valence-electron chi connectivity index (χ2n) is 4.51. The van der Waals surface area contributed by atoms with Gasteiger partial charge in [0.25, 0.3) is 0 Å². The average molecular weight is 296 g/mol. The quantitative estimate of drug-likeness (QED) is 0.804. The monoisotopic (exact) mass is 295 g/mol. The molecule has 2 rings (SSSR count). The molecule has 17 heavy (non-hydrogen) atoms. The summed E-state index contributed by atoms with van der Waals surface area (Å²) < 4.78 is 0.944. The molecule has 1 aliphatic heterocycles. The number of hydrogen-bond donors (Lipinski definition) is 0. The smallest absolute Gasteiger partial charge is 0.223 e. The molecule has 1 unspecified atom stereocenters. The van der Waals surface area contributed by atoms with E-state index in [1.165, 1.54) is 0 Å². The molecule has 0 saturated carbocycles. The Morgan fingerprint density at radius 1 is 1.41 bits per heavy atom. The summed E-state index contributed by atoms with van der Waals surface area (Å²) in [7, 11) is 0. The standard InChI is InChI=1S/C13H14BrNO2/c1-9-6-13(17)15(7-9)8-12(16)10-2-4-11(14)5-3-10/h2-5,9H,6-8H2,1H3. The van der Waals surface area contributed by atoms with Crippen molar-refractivity contribution in [3.8, 4) is 0 Å². The van der Waals surface area contributed by atoms with Crippen molar-refractivity contribution in [2.24, 2.45) is 5.92 Å². The Morgan fingerprint density at radius 3 is 2.59 bits per heavy atom. The van der Waals surface area contributed by atoms with E-state index in [-0.39, 0.29) is 18.2 Å². The van der Waals surface area contributed by atoms with Crippen molar-refractivity contribution in [1.82, 2.24) is 4.90 Å². The van der Waals surface area contributed by atoms with E-state index in [2.05, 4.69) is 15.9 Å². The Labute approximate surface area is 109 Å². The third-order valence-corrected chi connectivity index (χ3v) is 3.44. The topological polar surface area (TPSA) is 37.4 Å². The number of Topliss-reactive ketones (excluding diaryl/α,β-unsaturated/α-hetero) is 1. The second-order valence-corrected chi connectivity index (χ2v) is 5.43. The highest BCUT2D eigenvalue weighted by atomic mass is 79.9. The molecule has 90 valence electrons. The highest BCUT2D eigenvalue weighted by molar-refractivity contribution is 9.10. The maximum absolute atomic E-state index is 12.0. The van der Waals surface area contributed by atoms with Crippen LogP contribution in [0.25, 0.3) is 0 Å². The predicted molar refractivity (Wildman–Crippen MR) is 68.8 cm³/mol. The van der Waals surface area contributed by atoms with Gasteiger partial charge in [-0.1, -0.05) is 35.0 Å². The fourth-order valence-electron chi connectivity index (χ4n) is 2.02. The summed E-state index contributed by atoms with van der Waals surface area (Å²) in [6, 6.07) is 7.22. The molecule has 1 aromatic carbocycles. The lowest BCUT2D eigenvalue weighted by Gasteiger charge is -2.14. The largest absolute Gasteiger partial charge is 0.335 e. The zero-order valence-electron chi connectivity index (χ0n) is 9.65. The van der Waals surface area contributed by atoms with Crippen LogP contribution in [0.2, 0.25) is 0 Å². The van der Waals surface area contributed by atoms with Crippen molar-refractivity contribution in [2.45, 2.75) is 13.3 Å². The lowest BCUT2D eigenvalue weighted by molar-refractivity contribution is -0.127. The molecule has 0 aliphatic carbocycles. The Balaban J connectivity index is 2.02. The predicted octanol–water partition coefficient (Wildman–Crippen LogP) is 2.50. The molecule has 1 atom stereocenters. The Hall–Kier alpha value is -1.16. The van der Waals surface area contributed by atoms with Gasteiger partial charge in [-0.05, 0) is 18.1 Å². The number of nitrogens with zero attached hydrogens (tertiary/aromatic N) is 1. The summed E-state index contributed by atoms with van der Waals surface area (Å²) in [5.74, 6) is 0.447.